The van der Waals surface area contributed by atoms with Crippen LogP contribution in [0.1, 0.15) is 10.4 Å². The Morgan fingerprint density at radius 2 is 2.33 bits per heavy atom. The highest BCUT2D eigenvalue weighted by molar-refractivity contribution is 14.1. The van der Waals surface area contributed by atoms with Crippen LogP contribution in [0.5, 0.6) is 0 Å². The molecule has 0 bridgehead atoms. The molecule has 1 aromatic rings. The third kappa shape index (κ3) is 1.96. The van der Waals surface area contributed by atoms with Gasteiger partial charge in [0.2, 0.25) is 0 Å². The van der Waals surface area contributed by atoms with Gasteiger partial charge in [-0.1, -0.05) is 17.2 Å². The van der Waals surface area contributed by atoms with Crippen LogP contribution in [0, 0.1) is 3.57 Å². The fraction of sp³-hybridized carbons (Fsp3) is 0. The van der Waals surface area contributed by atoms with Gasteiger partial charge in [-0.2, -0.15) is 0 Å². The van der Waals surface area contributed by atoms with Crippen molar-refractivity contribution in [2.24, 2.45) is 5.11 Å². The molecular weight excluding hydrogens is 269 g/mol. The van der Waals surface area contributed by atoms with E-state index in [0.29, 0.717) is 11.3 Å². The number of aldehydes is 1. The van der Waals surface area contributed by atoms with Crippen molar-refractivity contribution < 1.29 is 4.79 Å². The van der Waals surface area contributed by atoms with Crippen molar-refractivity contribution in [3.05, 3.63) is 37.8 Å². The van der Waals surface area contributed by atoms with Crippen molar-refractivity contribution in [1.29, 1.82) is 0 Å². The van der Waals surface area contributed by atoms with Crippen molar-refractivity contribution in [2.75, 3.05) is 0 Å². The first-order valence-electron chi connectivity index (χ1n) is 3.08. The first kappa shape index (κ1) is 9.02. The zero-order chi connectivity index (χ0) is 8.97. The van der Waals surface area contributed by atoms with Crippen LogP contribution < -0.4 is 0 Å². The van der Waals surface area contributed by atoms with E-state index in [0.717, 1.165) is 9.86 Å². The average Bonchev–Trinajstić information content (AvgIpc) is 2.09. The van der Waals surface area contributed by atoms with Crippen LogP contribution in [0.15, 0.2) is 23.3 Å². The fourth-order valence-corrected chi connectivity index (χ4v) is 1.37. The summed E-state index contributed by atoms with van der Waals surface area (Å²) >= 11 is 2.01. The molecule has 0 saturated heterocycles. The molecule has 5 heteroatoms. The maximum atomic E-state index is 10.3. The largest absolute Gasteiger partial charge is 0.298 e. The number of halogens is 1. The summed E-state index contributed by atoms with van der Waals surface area (Å²) < 4.78 is 0.773. The number of benzene rings is 1. The molecule has 1 aromatic carbocycles. The van der Waals surface area contributed by atoms with Crippen LogP contribution in [0.2, 0.25) is 0 Å². The summed E-state index contributed by atoms with van der Waals surface area (Å²) in [5, 5.41) is 3.44. The molecule has 0 aliphatic carbocycles. The molecule has 0 aliphatic rings. The van der Waals surface area contributed by atoms with Gasteiger partial charge in [0.1, 0.15) is 6.29 Å². The second-order valence-corrected chi connectivity index (χ2v) is 3.18. The summed E-state index contributed by atoms with van der Waals surface area (Å²) in [7, 11) is 0. The van der Waals surface area contributed by atoms with Crippen LogP contribution in [-0.4, -0.2) is 6.29 Å². The highest BCUT2D eigenvalue weighted by Gasteiger charge is 1.97. The maximum Gasteiger partial charge on any atom is 0.150 e. The van der Waals surface area contributed by atoms with E-state index in [1.165, 1.54) is 0 Å². The Morgan fingerprint density at radius 1 is 1.58 bits per heavy atom. The molecule has 0 amide bonds. The van der Waals surface area contributed by atoms with Gasteiger partial charge in [0.15, 0.2) is 0 Å². The van der Waals surface area contributed by atoms with Crippen LogP contribution in [-0.2, 0) is 0 Å². The van der Waals surface area contributed by atoms with Crippen LogP contribution in [0.25, 0.3) is 10.4 Å². The van der Waals surface area contributed by atoms with E-state index in [-0.39, 0.29) is 0 Å². The Morgan fingerprint density at radius 3 is 2.83 bits per heavy atom. The van der Waals surface area contributed by atoms with Gasteiger partial charge in [0.05, 0.1) is 5.69 Å². The topological polar surface area (TPSA) is 65.8 Å². The highest BCUT2D eigenvalue weighted by Crippen LogP contribution is 2.21. The Balaban J connectivity index is 3.19. The quantitative estimate of drug-likeness (QED) is 0.268. The lowest BCUT2D eigenvalue weighted by Crippen LogP contribution is -1.80. The van der Waals surface area contributed by atoms with E-state index < -0.39 is 0 Å². The number of nitrogens with zero attached hydrogens (tertiary/aromatic N) is 3. The summed E-state index contributed by atoms with van der Waals surface area (Å²) in [6.07, 6.45) is 0.752. The molecule has 60 valence electrons. The zero-order valence-corrected chi connectivity index (χ0v) is 8.09. The first-order valence-corrected chi connectivity index (χ1v) is 4.15. The van der Waals surface area contributed by atoms with Crippen molar-refractivity contribution in [3.63, 3.8) is 0 Å². The molecule has 0 fully saturated rings. The normalized spacial score (nSPS) is 8.75. The number of carbonyl (C=O) groups excluding carboxylic acids is 1. The van der Waals surface area contributed by atoms with Gasteiger partial charge in [-0.25, -0.2) is 0 Å². The van der Waals surface area contributed by atoms with Gasteiger partial charge in [-0.05, 0) is 34.2 Å². The fourth-order valence-electron chi connectivity index (χ4n) is 0.726. The number of rotatable bonds is 2. The molecule has 0 heterocycles. The minimum Gasteiger partial charge on any atom is -0.298 e. The lowest BCUT2D eigenvalue weighted by molar-refractivity contribution is 0.112. The van der Waals surface area contributed by atoms with E-state index in [1.807, 2.05) is 22.6 Å². The Labute approximate surface area is 82.4 Å². The van der Waals surface area contributed by atoms with E-state index in [2.05, 4.69) is 10.0 Å². The number of azide groups is 1. The maximum absolute atomic E-state index is 10.3. The SMILES string of the molecule is [N-]=[N+]=Nc1ccc(C=O)cc1I. The zero-order valence-electron chi connectivity index (χ0n) is 5.94. The smallest absolute Gasteiger partial charge is 0.150 e. The number of hydrogen-bond donors (Lipinski definition) is 0. The molecule has 0 spiro atoms. The molecule has 0 saturated carbocycles. The summed E-state index contributed by atoms with van der Waals surface area (Å²) in [6, 6.07) is 4.89. The standard InChI is InChI=1S/C7H4IN3O/c8-6-3-5(4-12)1-2-7(6)10-11-9/h1-4H. The van der Waals surface area contributed by atoms with E-state index in [1.54, 1.807) is 18.2 Å². The Hall–Kier alpha value is -1.07. The van der Waals surface area contributed by atoms with Crippen molar-refractivity contribution in [2.45, 2.75) is 0 Å². The van der Waals surface area contributed by atoms with Crippen LogP contribution >= 0.6 is 22.6 Å². The molecule has 0 aliphatic heterocycles. The Kier molecular flexibility index (Phi) is 3.07. The Bertz CT molecular complexity index is 358. The molecule has 0 N–H and O–H groups in total. The second-order valence-electron chi connectivity index (χ2n) is 2.02. The van der Waals surface area contributed by atoms with Gasteiger partial charge in [-0.3, -0.25) is 4.79 Å². The van der Waals surface area contributed by atoms with Crippen LogP contribution in [0.3, 0.4) is 0 Å². The van der Waals surface area contributed by atoms with Crippen molar-refractivity contribution in [3.8, 4) is 0 Å². The van der Waals surface area contributed by atoms with Gasteiger partial charge in [0, 0.05) is 14.0 Å². The highest BCUT2D eigenvalue weighted by atomic mass is 127. The molecule has 0 aromatic heterocycles. The molecular formula is C7H4IN3O. The molecule has 0 unspecified atom stereocenters. The molecule has 1 rings (SSSR count). The van der Waals surface area contributed by atoms with Gasteiger partial charge >= 0.3 is 0 Å². The summed E-state index contributed by atoms with van der Waals surface area (Å²) in [5.41, 5.74) is 9.28. The summed E-state index contributed by atoms with van der Waals surface area (Å²) in [6.45, 7) is 0. The van der Waals surface area contributed by atoms with Gasteiger partial charge in [-0.15, -0.1) is 0 Å². The third-order valence-electron chi connectivity index (χ3n) is 1.26. The second kappa shape index (κ2) is 4.08. The van der Waals surface area contributed by atoms with E-state index in [9.17, 15) is 4.79 Å². The molecule has 4 nitrogen and oxygen atoms in total. The number of carbonyl (C=O) groups is 1. The minimum absolute atomic E-state index is 0.545. The molecule has 0 radical (unpaired) electrons. The number of hydrogen-bond acceptors (Lipinski definition) is 2. The average molecular weight is 273 g/mol. The lowest BCUT2D eigenvalue weighted by Gasteiger charge is -1.96. The summed E-state index contributed by atoms with van der Waals surface area (Å²) in [4.78, 5) is 13.0. The predicted octanol–water partition coefficient (Wildman–Crippen LogP) is 3.05. The summed E-state index contributed by atoms with van der Waals surface area (Å²) in [5.74, 6) is 0. The van der Waals surface area contributed by atoms with Gasteiger partial charge < -0.3 is 0 Å². The van der Waals surface area contributed by atoms with Crippen molar-refractivity contribution in [1.82, 2.24) is 0 Å². The van der Waals surface area contributed by atoms with E-state index >= 15 is 0 Å². The first-order chi connectivity index (χ1) is 5.77. The van der Waals surface area contributed by atoms with Crippen LogP contribution in [0.4, 0.5) is 5.69 Å². The minimum atomic E-state index is 0.545. The lowest BCUT2D eigenvalue weighted by atomic mass is 10.2. The van der Waals surface area contributed by atoms with Crippen molar-refractivity contribution >= 4 is 34.6 Å². The predicted molar refractivity (Wildman–Crippen MR) is 53.4 cm³/mol. The monoisotopic (exact) mass is 273 g/mol. The third-order valence-corrected chi connectivity index (χ3v) is 2.12. The molecule has 0 atom stereocenters. The van der Waals surface area contributed by atoms with Gasteiger partial charge in [0.25, 0.3) is 0 Å². The van der Waals surface area contributed by atoms with E-state index in [4.69, 9.17) is 5.53 Å². The molecule has 12 heavy (non-hydrogen) atoms.